The summed E-state index contributed by atoms with van der Waals surface area (Å²) in [4.78, 5) is 16.3. The third-order valence-electron chi connectivity index (χ3n) is 4.58. The van der Waals surface area contributed by atoms with Crippen molar-refractivity contribution in [2.75, 3.05) is 12.4 Å². The molecule has 1 amide bonds. The molecule has 0 aliphatic rings. The Hall–Kier alpha value is -3.69. The largest absolute Gasteiger partial charge is 0.494 e. The van der Waals surface area contributed by atoms with E-state index in [1.807, 2.05) is 47.9 Å². The second-order valence-electron chi connectivity index (χ2n) is 6.94. The average molecular weight is 493 g/mol. The Morgan fingerprint density at radius 3 is 2.53 bits per heavy atom. The molecule has 2 heterocycles. The van der Waals surface area contributed by atoms with Crippen LogP contribution in [0.1, 0.15) is 12.5 Å². The lowest BCUT2D eigenvalue weighted by Crippen LogP contribution is -2.20. The van der Waals surface area contributed by atoms with Crippen LogP contribution in [0.4, 0.5) is 0 Å². The molecule has 34 heavy (non-hydrogen) atoms. The van der Waals surface area contributed by atoms with Gasteiger partial charge in [0.15, 0.2) is 11.0 Å². The first kappa shape index (κ1) is 23.5. The molecule has 4 rings (SSSR count). The summed E-state index contributed by atoms with van der Waals surface area (Å²) in [5.74, 6) is 1.26. The number of amides is 1. The van der Waals surface area contributed by atoms with E-state index in [9.17, 15) is 4.79 Å². The van der Waals surface area contributed by atoms with Gasteiger partial charge in [-0.15, -0.1) is 10.2 Å². The smallest absolute Gasteiger partial charge is 0.250 e. The van der Waals surface area contributed by atoms with E-state index in [4.69, 9.17) is 16.3 Å². The molecule has 0 saturated carbocycles. The Morgan fingerprint density at radius 2 is 1.82 bits per heavy atom. The topological polar surface area (TPSA) is 94.3 Å². The highest BCUT2D eigenvalue weighted by Crippen LogP contribution is 2.29. The van der Waals surface area contributed by atoms with E-state index in [-0.39, 0.29) is 11.7 Å². The average Bonchev–Trinajstić information content (AvgIpc) is 3.28. The highest BCUT2D eigenvalue weighted by atomic mass is 35.5. The van der Waals surface area contributed by atoms with Crippen LogP contribution in [0, 0.1) is 0 Å². The zero-order valence-corrected chi connectivity index (χ0v) is 19.8. The number of nitrogens with zero attached hydrogens (tertiary/aromatic N) is 5. The summed E-state index contributed by atoms with van der Waals surface area (Å²) >= 11 is 7.32. The summed E-state index contributed by atoms with van der Waals surface area (Å²) in [7, 11) is 0. The fourth-order valence-electron chi connectivity index (χ4n) is 3.03. The van der Waals surface area contributed by atoms with E-state index in [0.29, 0.717) is 22.6 Å². The van der Waals surface area contributed by atoms with Crippen LogP contribution in [0.2, 0.25) is 5.02 Å². The van der Waals surface area contributed by atoms with E-state index >= 15 is 0 Å². The van der Waals surface area contributed by atoms with Crippen LogP contribution in [0.25, 0.3) is 17.1 Å². The number of ether oxygens (including phenoxy) is 1. The molecule has 0 spiro atoms. The summed E-state index contributed by atoms with van der Waals surface area (Å²) in [6.07, 6.45) is 4.88. The van der Waals surface area contributed by atoms with Crippen LogP contribution in [0.5, 0.6) is 5.75 Å². The van der Waals surface area contributed by atoms with Crippen molar-refractivity contribution >= 4 is 35.5 Å². The summed E-state index contributed by atoms with van der Waals surface area (Å²) in [6.45, 7) is 2.52. The van der Waals surface area contributed by atoms with Crippen LogP contribution >= 0.6 is 23.4 Å². The van der Waals surface area contributed by atoms with Crippen LogP contribution in [0.3, 0.4) is 0 Å². The lowest BCUT2D eigenvalue weighted by atomic mass is 10.2. The van der Waals surface area contributed by atoms with Crippen molar-refractivity contribution in [3.8, 4) is 22.8 Å². The molecular weight excluding hydrogens is 472 g/mol. The van der Waals surface area contributed by atoms with Crippen molar-refractivity contribution in [3.05, 3.63) is 83.6 Å². The first-order valence-electron chi connectivity index (χ1n) is 10.4. The molecule has 0 fully saturated rings. The van der Waals surface area contributed by atoms with Crippen molar-refractivity contribution in [1.82, 2.24) is 25.2 Å². The van der Waals surface area contributed by atoms with Gasteiger partial charge in [0.25, 0.3) is 5.91 Å². The number of halogens is 1. The fourth-order valence-corrected chi connectivity index (χ4v) is 3.90. The second kappa shape index (κ2) is 11.4. The van der Waals surface area contributed by atoms with E-state index in [2.05, 4.69) is 25.7 Å². The molecule has 172 valence electrons. The maximum Gasteiger partial charge on any atom is 0.250 e. The Kier molecular flexibility index (Phi) is 7.90. The number of carbonyl (C=O) groups excluding carboxylic acids is 1. The van der Waals surface area contributed by atoms with E-state index in [1.54, 1.807) is 42.9 Å². The number of hydrogen-bond acceptors (Lipinski definition) is 7. The number of thioether (sulfide) groups is 1. The van der Waals surface area contributed by atoms with Gasteiger partial charge in [0, 0.05) is 28.7 Å². The molecule has 4 aromatic rings. The van der Waals surface area contributed by atoms with Gasteiger partial charge in [-0.3, -0.25) is 14.3 Å². The standard InChI is InChI=1S/C24H21ClN6O2S/c1-2-33-21-9-7-20(8-10-21)31-23(18-3-5-19(25)6-4-18)29-30-24(31)34-16-22(32)28-27-15-17-11-13-26-14-12-17/h3-15H,2,16H2,1H3,(H,28,32)/b27-15-. The first-order valence-corrected chi connectivity index (χ1v) is 11.8. The lowest BCUT2D eigenvalue weighted by Gasteiger charge is -2.11. The predicted molar refractivity (Wildman–Crippen MR) is 134 cm³/mol. The molecule has 0 atom stereocenters. The van der Waals surface area contributed by atoms with Gasteiger partial charge < -0.3 is 4.74 Å². The second-order valence-corrected chi connectivity index (χ2v) is 8.32. The zero-order valence-electron chi connectivity index (χ0n) is 18.3. The van der Waals surface area contributed by atoms with Gasteiger partial charge in [0.05, 0.1) is 18.6 Å². The van der Waals surface area contributed by atoms with Crippen LogP contribution < -0.4 is 10.2 Å². The maximum absolute atomic E-state index is 12.3. The SMILES string of the molecule is CCOc1ccc(-n2c(SCC(=O)N/N=C\c3ccncc3)nnc2-c2ccc(Cl)cc2)cc1. The van der Waals surface area contributed by atoms with Gasteiger partial charge in [0.2, 0.25) is 0 Å². The van der Waals surface area contributed by atoms with Crippen molar-refractivity contribution in [2.45, 2.75) is 12.1 Å². The summed E-state index contributed by atoms with van der Waals surface area (Å²) in [6, 6.07) is 18.6. The van der Waals surface area contributed by atoms with Gasteiger partial charge >= 0.3 is 0 Å². The molecule has 10 heteroatoms. The van der Waals surface area contributed by atoms with Gasteiger partial charge in [-0.25, -0.2) is 5.43 Å². The predicted octanol–water partition coefficient (Wildman–Crippen LogP) is 4.62. The van der Waals surface area contributed by atoms with Gasteiger partial charge in [0.1, 0.15) is 5.75 Å². The van der Waals surface area contributed by atoms with E-state index in [0.717, 1.165) is 22.6 Å². The monoisotopic (exact) mass is 492 g/mol. The number of rotatable bonds is 9. The molecule has 0 saturated heterocycles. The summed E-state index contributed by atoms with van der Waals surface area (Å²) in [5, 5.41) is 13.9. The number of nitrogens with one attached hydrogen (secondary N) is 1. The van der Waals surface area contributed by atoms with Crippen molar-refractivity contribution in [3.63, 3.8) is 0 Å². The molecule has 0 aliphatic heterocycles. The zero-order chi connectivity index (χ0) is 23.8. The summed E-state index contributed by atoms with van der Waals surface area (Å²) in [5.41, 5.74) is 5.06. The van der Waals surface area contributed by atoms with Crippen LogP contribution in [-0.4, -0.2) is 44.2 Å². The van der Waals surface area contributed by atoms with Crippen molar-refractivity contribution < 1.29 is 9.53 Å². The normalized spacial score (nSPS) is 11.0. The highest BCUT2D eigenvalue weighted by molar-refractivity contribution is 7.99. The minimum absolute atomic E-state index is 0.115. The number of benzene rings is 2. The molecule has 8 nitrogen and oxygen atoms in total. The molecule has 1 N–H and O–H groups in total. The van der Waals surface area contributed by atoms with Gasteiger partial charge in [-0.05, 0) is 73.2 Å². The Morgan fingerprint density at radius 1 is 1.09 bits per heavy atom. The molecule has 2 aromatic heterocycles. The lowest BCUT2D eigenvalue weighted by molar-refractivity contribution is -0.118. The first-order chi connectivity index (χ1) is 16.6. The Balaban J connectivity index is 1.53. The third kappa shape index (κ3) is 6.00. The fraction of sp³-hybridized carbons (Fsp3) is 0.125. The minimum Gasteiger partial charge on any atom is -0.494 e. The minimum atomic E-state index is -0.260. The number of carbonyl (C=O) groups is 1. The number of aromatic nitrogens is 4. The molecule has 0 bridgehead atoms. The number of hydrogen-bond donors (Lipinski definition) is 1. The molecule has 0 unspecified atom stereocenters. The van der Waals surface area contributed by atoms with E-state index in [1.165, 1.54) is 11.8 Å². The number of hydrazone groups is 1. The quantitative estimate of drug-likeness (QED) is 0.208. The molecule has 2 aromatic carbocycles. The van der Waals surface area contributed by atoms with Gasteiger partial charge in [-0.2, -0.15) is 5.10 Å². The van der Waals surface area contributed by atoms with Crippen LogP contribution in [-0.2, 0) is 4.79 Å². The maximum atomic E-state index is 12.3. The molecule has 0 radical (unpaired) electrons. The number of pyridine rings is 1. The molecule has 0 aliphatic carbocycles. The van der Waals surface area contributed by atoms with Crippen molar-refractivity contribution in [1.29, 1.82) is 0 Å². The van der Waals surface area contributed by atoms with Gasteiger partial charge in [-0.1, -0.05) is 23.4 Å². The Bertz CT molecular complexity index is 1260. The van der Waals surface area contributed by atoms with Crippen molar-refractivity contribution in [2.24, 2.45) is 5.10 Å². The summed E-state index contributed by atoms with van der Waals surface area (Å²) < 4.78 is 7.45. The molecular formula is C24H21ClN6O2S. The highest BCUT2D eigenvalue weighted by Gasteiger charge is 2.17. The third-order valence-corrected chi connectivity index (χ3v) is 5.76. The Labute approximate surface area is 206 Å². The van der Waals surface area contributed by atoms with E-state index < -0.39 is 0 Å². The van der Waals surface area contributed by atoms with Crippen LogP contribution in [0.15, 0.2) is 83.3 Å².